The zero-order valence-electron chi connectivity index (χ0n) is 18.9. The molecule has 0 fully saturated rings. The minimum Gasteiger partial charge on any atom is -0.449 e. The molecule has 2 amide bonds. The van der Waals surface area contributed by atoms with E-state index in [4.69, 9.17) is 4.74 Å². The van der Waals surface area contributed by atoms with Crippen molar-refractivity contribution in [3.63, 3.8) is 0 Å². The summed E-state index contributed by atoms with van der Waals surface area (Å²) in [6.07, 6.45) is 17.4. The first-order chi connectivity index (χ1) is 14.5. The number of benzene rings is 1. The minimum atomic E-state index is -0.678. The first-order valence-corrected chi connectivity index (χ1v) is 12.6. The molecule has 0 bridgehead atoms. The zero-order valence-corrected chi connectivity index (χ0v) is 20.5. The molecule has 0 radical (unpaired) electrons. The molecule has 0 aliphatic rings. The Labute approximate surface area is 191 Å². The summed E-state index contributed by atoms with van der Waals surface area (Å²) in [5.41, 5.74) is 1.39. The average Bonchev–Trinajstić information content (AvgIpc) is 2.72. The van der Waals surface area contributed by atoms with Crippen molar-refractivity contribution in [2.75, 3.05) is 6.61 Å². The Hall–Kier alpha value is -1.36. The number of amides is 2. The molecule has 0 aliphatic carbocycles. The summed E-state index contributed by atoms with van der Waals surface area (Å²) < 4.78 is 5.78. The van der Waals surface area contributed by atoms with Crippen LogP contribution in [0.25, 0.3) is 0 Å². The number of aryl methyl sites for hydroxylation is 1. The van der Waals surface area contributed by atoms with Crippen molar-refractivity contribution in [2.24, 2.45) is 0 Å². The molecule has 0 spiro atoms. The highest BCUT2D eigenvalue weighted by molar-refractivity contribution is 9.10. The molecule has 5 heteroatoms. The van der Waals surface area contributed by atoms with Crippen LogP contribution in [0.15, 0.2) is 22.7 Å². The van der Waals surface area contributed by atoms with Crippen LogP contribution in [0.2, 0.25) is 0 Å². The topological polar surface area (TPSA) is 55.4 Å². The van der Waals surface area contributed by atoms with Crippen LogP contribution in [-0.2, 0) is 4.74 Å². The van der Waals surface area contributed by atoms with Gasteiger partial charge in [0.05, 0.1) is 12.2 Å². The highest BCUT2D eigenvalue weighted by atomic mass is 79.9. The maximum Gasteiger partial charge on any atom is 0.414 e. The van der Waals surface area contributed by atoms with E-state index in [1.165, 1.54) is 77.0 Å². The highest BCUT2D eigenvalue weighted by Gasteiger charge is 2.14. The van der Waals surface area contributed by atoms with Crippen LogP contribution in [0.1, 0.15) is 113 Å². The lowest BCUT2D eigenvalue weighted by Crippen LogP contribution is -2.31. The normalized spacial score (nSPS) is 10.8. The Morgan fingerprint density at radius 2 is 1.33 bits per heavy atom. The van der Waals surface area contributed by atoms with Gasteiger partial charge in [-0.15, -0.1) is 0 Å². The fraction of sp³-hybridized carbons (Fsp3) is 0.680. The number of halogens is 1. The molecular weight excluding hydrogens is 442 g/mol. The summed E-state index contributed by atoms with van der Waals surface area (Å²) in [6.45, 7) is 4.52. The molecule has 4 nitrogen and oxygen atoms in total. The summed E-state index contributed by atoms with van der Waals surface area (Å²) in [5.74, 6) is -0.448. The summed E-state index contributed by atoms with van der Waals surface area (Å²) >= 11 is 3.33. The summed E-state index contributed by atoms with van der Waals surface area (Å²) in [7, 11) is 0. The van der Waals surface area contributed by atoms with Gasteiger partial charge in [-0.1, -0.05) is 102 Å². The van der Waals surface area contributed by atoms with Crippen molar-refractivity contribution in [3.8, 4) is 0 Å². The van der Waals surface area contributed by atoms with Crippen molar-refractivity contribution in [1.82, 2.24) is 5.32 Å². The molecule has 1 N–H and O–H groups in total. The van der Waals surface area contributed by atoms with Crippen LogP contribution in [0.4, 0.5) is 4.79 Å². The zero-order chi connectivity index (χ0) is 22.0. The average molecular weight is 483 g/mol. The molecular formula is C25H40BrNO3. The van der Waals surface area contributed by atoms with Crippen molar-refractivity contribution in [1.29, 1.82) is 0 Å². The number of nitrogens with one attached hydrogen (secondary N) is 1. The summed E-state index contributed by atoms with van der Waals surface area (Å²) in [4.78, 5) is 23.9. The molecule has 170 valence electrons. The van der Waals surface area contributed by atoms with Crippen LogP contribution in [-0.4, -0.2) is 18.6 Å². The van der Waals surface area contributed by atoms with E-state index in [1.54, 1.807) is 12.1 Å². The second kappa shape index (κ2) is 17.3. The Balaban J connectivity index is 1.93. The lowest BCUT2D eigenvalue weighted by Gasteiger charge is -2.08. The third-order valence-electron chi connectivity index (χ3n) is 5.31. The van der Waals surface area contributed by atoms with Gasteiger partial charge in [0, 0.05) is 4.47 Å². The lowest BCUT2D eigenvalue weighted by atomic mass is 10.0. The largest absolute Gasteiger partial charge is 0.449 e. The van der Waals surface area contributed by atoms with Gasteiger partial charge in [-0.3, -0.25) is 10.1 Å². The number of ether oxygens (including phenoxy) is 1. The number of carbonyl (C=O) groups excluding carboxylic acids is 2. The van der Waals surface area contributed by atoms with Gasteiger partial charge in [0.1, 0.15) is 0 Å². The van der Waals surface area contributed by atoms with Crippen LogP contribution in [0.3, 0.4) is 0 Å². The van der Waals surface area contributed by atoms with E-state index in [1.807, 2.05) is 13.0 Å². The van der Waals surface area contributed by atoms with Gasteiger partial charge in [-0.05, 0) is 41.4 Å². The first kappa shape index (κ1) is 26.7. The summed E-state index contributed by atoms with van der Waals surface area (Å²) in [5, 5.41) is 2.28. The van der Waals surface area contributed by atoms with Gasteiger partial charge in [0.2, 0.25) is 0 Å². The van der Waals surface area contributed by atoms with E-state index in [-0.39, 0.29) is 0 Å². The van der Waals surface area contributed by atoms with E-state index >= 15 is 0 Å². The van der Waals surface area contributed by atoms with Gasteiger partial charge in [-0.2, -0.15) is 0 Å². The maximum atomic E-state index is 12.1. The van der Waals surface area contributed by atoms with Crippen molar-refractivity contribution in [3.05, 3.63) is 33.8 Å². The number of alkyl carbamates (subject to hydrolysis) is 1. The SMILES string of the molecule is CCCCCCCCCCCCCCCCOC(=O)NC(=O)c1cc(C)ccc1Br. The Morgan fingerprint density at radius 3 is 1.87 bits per heavy atom. The molecule has 0 saturated heterocycles. The summed E-state index contributed by atoms with van der Waals surface area (Å²) in [6, 6.07) is 5.43. The van der Waals surface area contributed by atoms with Crippen molar-refractivity contribution in [2.45, 2.75) is 104 Å². The standard InChI is InChI=1S/C25H40BrNO3/c1-3-4-5-6-7-8-9-10-11-12-13-14-15-16-19-30-25(29)27-24(28)22-20-21(2)17-18-23(22)26/h17-18,20H,3-16,19H2,1-2H3,(H,27,28,29). The first-order valence-electron chi connectivity index (χ1n) is 11.8. The predicted molar refractivity (Wildman–Crippen MR) is 128 cm³/mol. The van der Waals surface area contributed by atoms with Crippen LogP contribution >= 0.6 is 15.9 Å². The molecule has 0 aromatic heterocycles. The van der Waals surface area contributed by atoms with Gasteiger partial charge in [0.25, 0.3) is 5.91 Å². The second-order valence-electron chi connectivity index (χ2n) is 8.17. The molecule has 30 heavy (non-hydrogen) atoms. The number of hydrogen-bond donors (Lipinski definition) is 1. The fourth-order valence-electron chi connectivity index (χ4n) is 3.47. The molecule has 0 heterocycles. The van der Waals surface area contributed by atoms with Gasteiger partial charge in [0.15, 0.2) is 0 Å². The van der Waals surface area contributed by atoms with E-state index in [2.05, 4.69) is 28.2 Å². The molecule has 0 unspecified atom stereocenters. The minimum absolute atomic E-state index is 0.353. The predicted octanol–water partition coefficient (Wildman–Crippen LogP) is 8.11. The van der Waals surface area contributed by atoms with Crippen LogP contribution < -0.4 is 5.32 Å². The monoisotopic (exact) mass is 481 g/mol. The quantitative estimate of drug-likeness (QED) is 0.242. The molecule has 0 saturated carbocycles. The Bertz CT molecular complexity index is 618. The second-order valence-corrected chi connectivity index (χ2v) is 9.02. The number of rotatable bonds is 16. The molecule has 1 aromatic carbocycles. The fourth-order valence-corrected chi connectivity index (χ4v) is 3.90. The molecule has 1 rings (SSSR count). The van der Waals surface area contributed by atoms with E-state index < -0.39 is 12.0 Å². The molecule has 1 aromatic rings. The van der Waals surface area contributed by atoms with Gasteiger partial charge >= 0.3 is 6.09 Å². The van der Waals surface area contributed by atoms with Crippen LogP contribution in [0, 0.1) is 6.92 Å². The van der Waals surface area contributed by atoms with E-state index in [0.717, 1.165) is 18.4 Å². The lowest BCUT2D eigenvalue weighted by molar-refractivity contribution is 0.0917. The third-order valence-corrected chi connectivity index (χ3v) is 6.00. The maximum absolute atomic E-state index is 12.1. The van der Waals surface area contributed by atoms with Gasteiger partial charge < -0.3 is 4.74 Å². The Morgan fingerprint density at radius 1 is 0.833 bits per heavy atom. The number of imide groups is 1. The smallest absolute Gasteiger partial charge is 0.414 e. The Kier molecular flexibility index (Phi) is 15.4. The van der Waals surface area contributed by atoms with E-state index in [9.17, 15) is 9.59 Å². The third kappa shape index (κ3) is 13.0. The van der Waals surface area contributed by atoms with Crippen LogP contribution in [0.5, 0.6) is 0 Å². The highest BCUT2D eigenvalue weighted by Crippen LogP contribution is 2.18. The molecule has 0 atom stereocenters. The number of hydrogen-bond acceptors (Lipinski definition) is 3. The van der Waals surface area contributed by atoms with Gasteiger partial charge in [-0.25, -0.2) is 4.79 Å². The number of carbonyl (C=O) groups is 2. The van der Waals surface area contributed by atoms with Crippen molar-refractivity contribution < 1.29 is 14.3 Å². The molecule has 0 aliphatic heterocycles. The number of unbranched alkanes of at least 4 members (excludes halogenated alkanes) is 13. The van der Waals surface area contributed by atoms with E-state index in [0.29, 0.717) is 16.6 Å². The van der Waals surface area contributed by atoms with Crippen molar-refractivity contribution >= 4 is 27.9 Å².